The molecule has 15 heavy (non-hydrogen) atoms. The van der Waals surface area contributed by atoms with Crippen molar-refractivity contribution in [2.45, 2.75) is 37.6 Å². The molecular formula is C10H20N2O2S. The number of primary amides is 1. The highest BCUT2D eigenvalue weighted by Gasteiger charge is 2.33. The normalized spacial score (nSPS) is 21.1. The van der Waals surface area contributed by atoms with Crippen molar-refractivity contribution in [2.75, 3.05) is 19.0 Å². The number of rotatable bonds is 6. The first-order valence-corrected chi connectivity index (χ1v) is 6.26. The molecule has 1 atom stereocenters. The molecule has 0 bridgehead atoms. The van der Waals surface area contributed by atoms with E-state index < -0.39 is 5.54 Å². The summed E-state index contributed by atoms with van der Waals surface area (Å²) < 4.78 is 5.08. The van der Waals surface area contributed by atoms with E-state index in [0.717, 1.165) is 13.2 Å². The Labute approximate surface area is 95.3 Å². The van der Waals surface area contributed by atoms with E-state index in [1.165, 1.54) is 0 Å². The molecule has 1 amide bonds. The largest absolute Gasteiger partial charge is 0.379 e. The van der Waals surface area contributed by atoms with Crippen LogP contribution in [0.1, 0.15) is 20.8 Å². The zero-order valence-corrected chi connectivity index (χ0v) is 10.4. The number of thioether (sulfide) groups is 1. The van der Waals surface area contributed by atoms with Gasteiger partial charge in [-0.2, -0.15) is 11.8 Å². The molecule has 0 saturated carbocycles. The van der Waals surface area contributed by atoms with Gasteiger partial charge in [0.2, 0.25) is 5.91 Å². The fraction of sp³-hybridized carbons (Fsp3) is 0.900. The van der Waals surface area contributed by atoms with Gasteiger partial charge >= 0.3 is 0 Å². The van der Waals surface area contributed by atoms with Crippen LogP contribution in [-0.4, -0.2) is 41.7 Å². The van der Waals surface area contributed by atoms with Crippen molar-refractivity contribution in [2.24, 2.45) is 5.73 Å². The minimum absolute atomic E-state index is 0.251. The molecule has 1 rings (SSSR count). The Morgan fingerprint density at radius 3 is 2.60 bits per heavy atom. The van der Waals surface area contributed by atoms with Crippen molar-refractivity contribution in [1.82, 2.24) is 5.32 Å². The zero-order valence-electron chi connectivity index (χ0n) is 9.58. The number of nitrogens with one attached hydrogen (secondary N) is 1. The summed E-state index contributed by atoms with van der Waals surface area (Å²) >= 11 is 1.75. The van der Waals surface area contributed by atoms with Gasteiger partial charge in [0.1, 0.15) is 5.54 Å². The van der Waals surface area contributed by atoms with Crippen LogP contribution in [0.2, 0.25) is 0 Å². The Bertz CT molecular complexity index is 231. The molecule has 1 aliphatic heterocycles. The summed E-state index contributed by atoms with van der Waals surface area (Å²) in [6, 6.07) is 0.251. The van der Waals surface area contributed by atoms with Crippen LogP contribution in [-0.2, 0) is 9.53 Å². The first kappa shape index (κ1) is 12.8. The molecule has 1 heterocycles. The monoisotopic (exact) mass is 232 g/mol. The minimum atomic E-state index is -0.617. The third-order valence-electron chi connectivity index (χ3n) is 2.37. The Kier molecular flexibility index (Phi) is 4.43. The second-order valence-corrected chi connectivity index (χ2v) is 5.75. The standard InChI is InChI=1S/C10H20N2O2S/c1-7(2)12-10(3,9(11)13)6-15-8-4-14-5-8/h7-8,12H,4-6H2,1-3H3,(H2,11,13). The molecule has 0 aromatic heterocycles. The topological polar surface area (TPSA) is 64.3 Å². The summed E-state index contributed by atoms with van der Waals surface area (Å²) in [5, 5.41) is 3.75. The summed E-state index contributed by atoms with van der Waals surface area (Å²) in [6.07, 6.45) is 0. The highest BCUT2D eigenvalue weighted by atomic mass is 32.2. The van der Waals surface area contributed by atoms with E-state index in [2.05, 4.69) is 5.32 Å². The lowest BCUT2D eigenvalue weighted by atomic mass is 10.0. The number of carbonyl (C=O) groups excluding carboxylic acids is 1. The quantitative estimate of drug-likeness (QED) is 0.694. The molecule has 88 valence electrons. The van der Waals surface area contributed by atoms with Crippen LogP contribution in [0.3, 0.4) is 0 Å². The van der Waals surface area contributed by atoms with Crippen LogP contribution in [0, 0.1) is 0 Å². The van der Waals surface area contributed by atoms with Crippen molar-refractivity contribution in [3.05, 3.63) is 0 Å². The minimum Gasteiger partial charge on any atom is -0.379 e. The van der Waals surface area contributed by atoms with E-state index in [-0.39, 0.29) is 11.9 Å². The Morgan fingerprint density at radius 1 is 1.67 bits per heavy atom. The molecule has 0 aromatic rings. The fourth-order valence-electron chi connectivity index (χ4n) is 1.42. The fourth-order valence-corrected chi connectivity index (χ4v) is 2.60. The lowest BCUT2D eigenvalue weighted by molar-refractivity contribution is -0.123. The van der Waals surface area contributed by atoms with E-state index >= 15 is 0 Å². The van der Waals surface area contributed by atoms with Crippen molar-refractivity contribution in [3.63, 3.8) is 0 Å². The molecule has 1 unspecified atom stereocenters. The van der Waals surface area contributed by atoms with Gasteiger partial charge in [-0.05, 0) is 20.8 Å². The van der Waals surface area contributed by atoms with Crippen LogP contribution in [0.5, 0.6) is 0 Å². The highest BCUT2D eigenvalue weighted by molar-refractivity contribution is 8.00. The molecule has 3 N–H and O–H groups in total. The lowest BCUT2D eigenvalue weighted by Crippen LogP contribution is -2.57. The highest BCUT2D eigenvalue weighted by Crippen LogP contribution is 2.23. The predicted molar refractivity (Wildman–Crippen MR) is 62.9 cm³/mol. The number of ether oxygens (including phenoxy) is 1. The summed E-state index contributed by atoms with van der Waals surface area (Å²) in [4.78, 5) is 11.4. The summed E-state index contributed by atoms with van der Waals surface area (Å²) in [6.45, 7) is 7.47. The first-order valence-electron chi connectivity index (χ1n) is 5.21. The van der Waals surface area contributed by atoms with Gasteiger partial charge in [-0.3, -0.25) is 4.79 Å². The van der Waals surface area contributed by atoms with Crippen LogP contribution < -0.4 is 11.1 Å². The molecule has 0 spiro atoms. The van der Waals surface area contributed by atoms with Gasteiger partial charge in [0.15, 0.2) is 0 Å². The number of carbonyl (C=O) groups is 1. The van der Waals surface area contributed by atoms with E-state index in [4.69, 9.17) is 10.5 Å². The molecular weight excluding hydrogens is 212 g/mol. The average Bonchev–Trinajstić information content (AvgIpc) is 1.99. The van der Waals surface area contributed by atoms with Crippen LogP contribution in [0.25, 0.3) is 0 Å². The molecule has 0 aromatic carbocycles. The zero-order chi connectivity index (χ0) is 11.5. The van der Waals surface area contributed by atoms with E-state index in [1.54, 1.807) is 11.8 Å². The molecule has 1 fully saturated rings. The third-order valence-corrected chi connectivity index (χ3v) is 3.85. The molecule has 4 nitrogen and oxygen atoms in total. The SMILES string of the molecule is CC(C)NC(C)(CSC1COC1)C(N)=O. The molecule has 1 aliphatic rings. The second kappa shape index (κ2) is 5.18. The van der Waals surface area contributed by atoms with Gasteiger partial charge in [-0.25, -0.2) is 0 Å². The third kappa shape index (κ3) is 3.66. The second-order valence-electron chi connectivity index (χ2n) is 4.47. The Morgan fingerprint density at radius 2 is 2.27 bits per heavy atom. The smallest absolute Gasteiger partial charge is 0.238 e. The molecule has 1 saturated heterocycles. The maximum absolute atomic E-state index is 11.4. The van der Waals surface area contributed by atoms with E-state index in [0.29, 0.717) is 11.0 Å². The molecule has 5 heteroatoms. The van der Waals surface area contributed by atoms with Gasteiger partial charge in [0, 0.05) is 11.8 Å². The Hall–Kier alpha value is -0.260. The lowest BCUT2D eigenvalue weighted by Gasteiger charge is -2.33. The number of hydrogen-bond acceptors (Lipinski definition) is 4. The number of amides is 1. The van der Waals surface area contributed by atoms with Gasteiger partial charge in [0.25, 0.3) is 0 Å². The summed E-state index contributed by atoms with van der Waals surface area (Å²) in [7, 11) is 0. The van der Waals surface area contributed by atoms with E-state index in [9.17, 15) is 4.79 Å². The van der Waals surface area contributed by atoms with Crippen molar-refractivity contribution in [3.8, 4) is 0 Å². The van der Waals surface area contributed by atoms with Gasteiger partial charge in [0.05, 0.1) is 18.5 Å². The molecule has 0 aliphatic carbocycles. The van der Waals surface area contributed by atoms with E-state index in [1.807, 2.05) is 20.8 Å². The number of hydrogen-bond donors (Lipinski definition) is 2. The van der Waals surface area contributed by atoms with Crippen molar-refractivity contribution in [1.29, 1.82) is 0 Å². The van der Waals surface area contributed by atoms with Crippen molar-refractivity contribution < 1.29 is 9.53 Å². The maximum atomic E-state index is 11.4. The summed E-state index contributed by atoms with van der Waals surface area (Å²) in [5.41, 5.74) is 4.80. The van der Waals surface area contributed by atoms with Crippen LogP contribution in [0.15, 0.2) is 0 Å². The number of nitrogens with two attached hydrogens (primary N) is 1. The van der Waals surface area contributed by atoms with Gasteiger partial charge in [-0.15, -0.1) is 0 Å². The van der Waals surface area contributed by atoms with Crippen LogP contribution in [0.4, 0.5) is 0 Å². The Balaban J connectivity index is 2.43. The first-order chi connectivity index (χ1) is 6.94. The van der Waals surface area contributed by atoms with Gasteiger partial charge < -0.3 is 15.8 Å². The average molecular weight is 232 g/mol. The van der Waals surface area contributed by atoms with Gasteiger partial charge in [-0.1, -0.05) is 0 Å². The summed E-state index contributed by atoms with van der Waals surface area (Å²) in [5.74, 6) is 0.415. The maximum Gasteiger partial charge on any atom is 0.238 e. The predicted octanol–water partition coefficient (Wildman–Crippen LogP) is 0.360. The molecule has 0 radical (unpaired) electrons. The van der Waals surface area contributed by atoms with Crippen molar-refractivity contribution >= 4 is 17.7 Å². The van der Waals surface area contributed by atoms with Crippen LogP contribution >= 0.6 is 11.8 Å².